The van der Waals surface area contributed by atoms with E-state index in [-0.39, 0.29) is 23.6 Å². The van der Waals surface area contributed by atoms with Gasteiger partial charge < -0.3 is 10.2 Å². The van der Waals surface area contributed by atoms with Crippen molar-refractivity contribution in [2.75, 3.05) is 0 Å². The summed E-state index contributed by atoms with van der Waals surface area (Å²) in [7, 11) is 0. The molecule has 0 spiro atoms. The molecule has 0 saturated carbocycles. The first-order valence-electron chi connectivity index (χ1n) is 6.98. The molecule has 2 aromatic rings. The van der Waals surface area contributed by atoms with E-state index in [2.05, 4.69) is 0 Å². The van der Waals surface area contributed by atoms with Crippen LogP contribution >= 0.6 is 0 Å². The van der Waals surface area contributed by atoms with Crippen LogP contribution in [0.5, 0.6) is 11.8 Å². The molecule has 2 N–H and O–H groups in total. The van der Waals surface area contributed by atoms with Gasteiger partial charge in [0.05, 0.1) is 5.69 Å². The molecule has 6 heteroatoms. The van der Waals surface area contributed by atoms with Crippen LogP contribution < -0.4 is 0 Å². The number of nitrogens with zero attached hydrogens (tertiary/aromatic N) is 1. The average molecular weight is 307 g/mol. The van der Waals surface area contributed by atoms with Crippen LogP contribution in [0.3, 0.4) is 0 Å². The lowest BCUT2D eigenvalue weighted by molar-refractivity contribution is 0.394. The topological polar surface area (TPSA) is 45.4 Å². The Bertz CT molecular complexity index is 788. The number of allylic oxidation sites excluding steroid dienone is 2. The summed E-state index contributed by atoms with van der Waals surface area (Å²) in [6.45, 7) is 0. The van der Waals surface area contributed by atoms with Crippen molar-refractivity contribution in [3.63, 3.8) is 0 Å². The van der Waals surface area contributed by atoms with E-state index in [4.69, 9.17) is 0 Å². The summed E-state index contributed by atoms with van der Waals surface area (Å²) in [6, 6.07) is 1.03. The number of fused-ring (bicyclic) bond motifs is 1. The molecular formula is C16H12F3NO2. The van der Waals surface area contributed by atoms with E-state index in [0.717, 1.165) is 17.4 Å². The SMILES string of the molecule is Oc1c2c(c(O)n1-c1cc(F)c(F)cc1F)[C@H]1C=C[C@@H]2CC1. The average Bonchev–Trinajstić information content (AvgIpc) is 2.78. The molecule has 3 aliphatic carbocycles. The molecule has 0 radical (unpaired) electrons. The zero-order valence-electron chi connectivity index (χ0n) is 11.4. The maximum absolute atomic E-state index is 14.0. The highest BCUT2D eigenvalue weighted by Crippen LogP contribution is 2.54. The summed E-state index contributed by atoms with van der Waals surface area (Å²) in [5.41, 5.74) is 0.670. The Kier molecular flexibility index (Phi) is 2.61. The maximum atomic E-state index is 14.0. The fraction of sp³-hybridized carbons (Fsp3) is 0.250. The van der Waals surface area contributed by atoms with E-state index >= 15 is 0 Å². The Labute approximate surface area is 123 Å². The number of aromatic hydroxyl groups is 2. The van der Waals surface area contributed by atoms with Gasteiger partial charge in [-0.05, 0) is 12.8 Å². The van der Waals surface area contributed by atoms with Crippen molar-refractivity contribution in [3.8, 4) is 17.4 Å². The molecule has 0 amide bonds. The summed E-state index contributed by atoms with van der Waals surface area (Å²) < 4.78 is 41.3. The summed E-state index contributed by atoms with van der Waals surface area (Å²) in [6.07, 6.45) is 5.54. The lowest BCUT2D eigenvalue weighted by atomic mass is 9.73. The van der Waals surface area contributed by atoms with Gasteiger partial charge >= 0.3 is 0 Å². The lowest BCUT2D eigenvalue weighted by Crippen LogP contribution is -2.15. The Hall–Kier alpha value is -2.37. The van der Waals surface area contributed by atoms with Gasteiger partial charge in [0.2, 0.25) is 11.8 Å². The van der Waals surface area contributed by atoms with Crippen LogP contribution in [0, 0.1) is 17.5 Å². The fourth-order valence-electron chi connectivity index (χ4n) is 3.53. The minimum atomic E-state index is -1.32. The molecule has 3 aliphatic rings. The molecule has 1 aromatic heterocycles. The zero-order valence-corrected chi connectivity index (χ0v) is 11.4. The van der Waals surface area contributed by atoms with E-state index in [1.807, 2.05) is 12.2 Å². The van der Waals surface area contributed by atoms with Gasteiger partial charge in [0.25, 0.3) is 0 Å². The zero-order chi connectivity index (χ0) is 15.6. The Morgan fingerprint density at radius 3 is 1.82 bits per heavy atom. The van der Waals surface area contributed by atoms with Gasteiger partial charge in [-0.3, -0.25) is 0 Å². The normalized spacial score (nSPS) is 22.1. The van der Waals surface area contributed by atoms with Crippen LogP contribution in [0.4, 0.5) is 13.2 Å². The Morgan fingerprint density at radius 1 is 0.818 bits per heavy atom. The highest BCUT2D eigenvalue weighted by molar-refractivity contribution is 5.60. The highest BCUT2D eigenvalue weighted by Gasteiger charge is 2.38. The molecule has 0 saturated heterocycles. The van der Waals surface area contributed by atoms with Crippen LogP contribution in [-0.4, -0.2) is 14.8 Å². The number of hydrogen-bond acceptors (Lipinski definition) is 2. The molecule has 1 heterocycles. The van der Waals surface area contributed by atoms with E-state index in [1.54, 1.807) is 0 Å². The summed E-state index contributed by atoms with van der Waals surface area (Å²) in [5.74, 6) is -4.38. The van der Waals surface area contributed by atoms with Crippen LogP contribution in [0.1, 0.15) is 35.8 Å². The number of hydrogen-bond donors (Lipinski definition) is 2. The van der Waals surface area contributed by atoms with Crippen molar-refractivity contribution in [1.29, 1.82) is 0 Å². The summed E-state index contributed by atoms with van der Waals surface area (Å²) in [4.78, 5) is 0. The van der Waals surface area contributed by atoms with Gasteiger partial charge in [-0.1, -0.05) is 12.2 Å². The molecule has 5 rings (SSSR count). The third-order valence-electron chi connectivity index (χ3n) is 4.53. The minimum Gasteiger partial charge on any atom is -0.494 e. The molecule has 114 valence electrons. The smallest absolute Gasteiger partial charge is 0.202 e. The predicted octanol–water partition coefficient (Wildman–Crippen LogP) is 3.84. The largest absolute Gasteiger partial charge is 0.494 e. The molecule has 0 fully saturated rings. The van der Waals surface area contributed by atoms with Crippen LogP contribution in [0.15, 0.2) is 24.3 Å². The van der Waals surface area contributed by atoms with Gasteiger partial charge in [-0.2, -0.15) is 0 Å². The van der Waals surface area contributed by atoms with E-state index < -0.39 is 23.1 Å². The monoisotopic (exact) mass is 307 g/mol. The summed E-state index contributed by atoms with van der Waals surface area (Å²) >= 11 is 0. The van der Waals surface area contributed by atoms with E-state index in [0.29, 0.717) is 23.3 Å². The molecule has 1 aromatic carbocycles. The van der Waals surface area contributed by atoms with Gasteiger partial charge in [-0.25, -0.2) is 17.7 Å². The van der Waals surface area contributed by atoms with Gasteiger partial charge in [0.15, 0.2) is 17.5 Å². The first-order chi connectivity index (χ1) is 10.5. The van der Waals surface area contributed by atoms with Crippen LogP contribution in [0.2, 0.25) is 0 Å². The fourth-order valence-corrected chi connectivity index (χ4v) is 3.53. The van der Waals surface area contributed by atoms with E-state index in [1.165, 1.54) is 0 Å². The summed E-state index contributed by atoms with van der Waals surface area (Å²) in [5, 5.41) is 20.8. The third kappa shape index (κ3) is 1.58. The van der Waals surface area contributed by atoms with Crippen LogP contribution in [0.25, 0.3) is 5.69 Å². The lowest BCUT2D eigenvalue weighted by Gasteiger charge is -2.30. The standard InChI is InChI=1S/C16H12F3NO2/c17-9-5-11(19)12(6-10(9)18)20-15(21)13-7-1-2-8(4-3-7)14(13)16(20)22/h1-2,5-8,21-22H,3-4H2/t7-,8+. The molecule has 22 heavy (non-hydrogen) atoms. The molecule has 0 unspecified atom stereocenters. The third-order valence-corrected chi connectivity index (χ3v) is 4.53. The molecule has 3 nitrogen and oxygen atoms in total. The minimum absolute atomic E-state index is 0.0551. The Balaban J connectivity index is 1.99. The van der Waals surface area contributed by atoms with Crippen molar-refractivity contribution in [3.05, 3.63) is 52.9 Å². The van der Waals surface area contributed by atoms with Crippen molar-refractivity contribution in [2.45, 2.75) is 24.7 Å². The molecular weight excluding hydrogens is 295 g/mol. The van der Waals surface area contributed by atoms with Crippen molar-refractivity contribution >= 4 is 0 Å². The van der Waals surface area contributed by atoms with Crippen molar-refractivity contribution < 1.29 is 23.4 Å². The molecule has 2 atom stereocenters. The van der Waals surface area contributed by atoms with Gasteiger partial charge in [0.1, 0.15) is 0 Å². The second-order valence-electron chi connectivity index (χ2n) is 5.70. The van der Waals surface area contributed by atoms with Crippen molar-refractivity contribution in [1.82, 2.24) is 4.57 Å². The van der Waals surface area contributed by atoms with Crippen LogP contribution in [-0.2, 0) is 0 Å². The molecule has 2 bridgehead atoms. The second-order valence-corrected chi connectivity index (χ2v) is 5.70. The maximum Gasteiger partial charge on any atom is 0.202 e. The number of rotatable bonds is 1. The van der Waals surface area contributed by atoms with Gasteiger partial charge in [0, 0.05) is 35.1 Å². The van der Waals surface area contributed by atoms with Gasteiger partial charge in [-0.15, -0.1) is 0 Å². The molecule has 0 aliphatic heterocycles. The number of halogens is 3. The predicted molar refractivity (Wildman–Crippen MR) is 72.8 cm³/mol. The number of aromatic nitrogens is 1. The second kappa shape index (κ2) is 4.32. The first-order valence-corrected chi connectivity index (χ1v) is 6.98. The van der Waals surface area contributed by atoms with Crippen molar-refractivity contribution in [2.24, 2.45) is 0 Å². The number of benzene rings is 1. The Morgan fingerprint density at radius 2 is 1.32 bits per heavy atom. The highest BCUT2D eigenvalue weighted by atomic mass is 19.2. The van der Waals surface area contributed by atoms with E-state index in [9.17, 15) is 23.4 Å². The quantitative estimate of drug-likeness (QED) is 0.621. The first kappa shape index (κ1) is 13.3.